The predicted molar refractivity (Wildman–Crippen MR) is 163 cm³/mol. The summed E-state index contributed by atoms with van der Waals surface area (Å²) in [5.41, 5.74) is 2.26. The molecule has 1 saturated carbocycles. The number of aromatic nitrogens is 1. The van der Waals surface area contributed by atoms with Gasteiger partial charge in [0.25, 0.3) is 17.3 Å². The summed E-state index contributed by atoms with van der Waals surface area (Å²) in [7, 11) is 0. The first-order chi connectivity index (χ1) is 20.0. The highest BCUT2D eigenvalue weighted by Crippen LogP contribution is 2.52. The Morgan fingerprint density at radius 3 is 2.60 bits per heavy atom. The molecule has 0 radical (unpaired) electrons. The van der Waals surface area contributed by atoms with Crippen LogP contribution in [0.15, 0.2) is 21.8 Å². The van der Waals surface area contributed by atoms with E-state index in [4.69, 9.17) is 21.1 Å². The van der Waals surface area contributed by atoms with Gasteiger partial charge in [-0.2, -0.15) is 0 Å². The summed E-state index contributed by atoms with van der Waals surface area (Å²) >= 11 is 8.14. The van der Waals surface area contributed by atoms with Crippen LogP contribution in [0, 0.1) is 25.2 Å². The molecule has 2 amide bonds. The molecule has 3 fully saturated rings. The maximum Gasteiger partial charge on any atom is 0.254 e. The first-order valence-electron chi connectivity index (χ1n) is 14.8. The third-order valence-corrected chi connectivity index (χ3v) is 10.9. The third-order valence-electron chi connectivity index (χ3n) is 9.79. The molecule has 4 heterocycles. The highest BCUT2D eigenvalue weighted by atomic mass is 35.5. The Hall–Kier alpha value is -2.69. The van der Waals surface area contributed by atoms with Crippen LogP contribution < -0.4 is 25.7 Å². The van der Waals surface area contributed by atoms with Gasteiger partial charge in [-0.25, -0.2) is 0 Å². The monoisotopic (exact) mass is 614 g/mol. The third kappa shape index (κ3) is 5.30. The zero-order chi connectivity index (χ0) is 29.8. The van der Waals surface area contributed by atoms with Gasteiger partial charge in [0.1, 0.15) is 0 Å². The molecule has 6 rings (SSSR count). The molecule has 4 aliphatic rings. The zero-order valence-electron chi connectivity index (χ0n) is 24.7. The maximum atomic E-state index is 13.3. The van der Waals surface area contributed by atoms with Crippen LogP contribution in [-0.4, -0.2) is 59.4 Å². The number of pyridine rings is 1. The van der Waals surface area contributed by atoms with E-state index in [-0.39, 0.29) is 35.3 Å². The zero-order valence-corrected chi connectivity index (χ0v) is 26.2. The number of hydrogen-bond donors (Lipinski definition) is 3. The maximum absolute atomic E-state index is 13.3. The molecule has 2 atom stereocenters. The molecule has 1 aromatic carbocycles. The SMILES string of the molecule is CSc1cc(C)[nH]c(=O)c1CNC(=O)c1cc(Cl)c2c(c1C)OC(C)([C@H]1CC[C@@H](N3CCC4(CNC(=O)C4)C3)CC1)O2. The van der Waals surface area contributed by atoms with Crippen molar-refractivity contribution < 1.29 is 19.1 Å². The molecular formula is C31H39ClN4O5S. The van der Waals surface area contributed by atoms with Crippen molar-refractivity contribution >= 4 is 35.2 Å². The standard InChI is InChI=1S/C31H39ClN4O5S/c1-17-11-24(42-4)22(29(39)35-17)14-33-28(38)21-12-23(32)27-26(18(21)2)40-30(3,41-27)19-5-7-20(8-6-19)36-10-9-31(16-36)13-25(37)34-15-31/h11-12,19-20H,5-10,13-16H2,1-4H3,(H,33,38)(H,34,37)(H,35,39)/t19-,20+,30?,31?. The lowest BCUT2D eigenvalue weighted by Gasteiger charge is -2.40. The second kappa shape index (κ2) is 11.1. The molecule has 3 N–H and O–H groups in total. The summed E-state index contributed by atoms with van der Waals surface area (Å²) in [5.74, 6) is 0.158. The summed E-state index contributed by atoms with van der Waals surface area (Å²) in [6, 6.07) is 4.04. The number of benzene rings is 1. The Morgan fingerprint density at radius 2 is 1.90 bits per heavy atom. The van der Waals surface area contributed by atoms with Crippen molar-refractivity contribution in [1.82, 2.24) is 20.5 Å². The number of H-pyrrole nitrogens is 1. The molecular weight excluding hydrogens is 576 g/mol. The fourth-order valence-corrected chi connectivity index (χ4v) is 8.27. The van der Waals surface area contributed by atoms with Crippen LogP contribution in [-0.2, 0) is 11.3 Å². The lowest BCUT2D eigenvalue weighted by atomic mass is 9.80. The van der Waals surface area contributed by atoms with Crippen LogP contribution >= 0.6 is 23.4 Å². The molecule has 0 bridgehead atoms. The highest BCUT2D eigenvalue weighted by Gasteiger charge is 2.50. The molecule has 9 nitrogen and oxygen atoms in total. The van der Waals surface area contributed by atoms with Crippen molar-refractivity contribution in [2.45, 2.75) is 82.6 Å². The number of carbonyl (C=O) groups is 2. The van der Waals surface area contributed by atoms with Gasteiger partial charge >= 0.3 is 0 Å². The van der Waals surface area contributed by atoms with Crippen molar-refractivity contribution in [3.05, 3.63) is 49.9 Å². The Kier molecular flexibility index (Phi) is 7.77. The minimum Gasteiger partial charge on any atom is -0.448 e. The number of nitrogens with zero attached hydrogens (tertiary/aromatic N) is 1. The topological polar surface area (TPSA) is 113 Å². The van der Waals surface area contributed by atoms with E-state index in [1.54, 1.807) is 6.07 Å². The Bertz CT molecular complexity index is 1490. The van der Waals surface area contributed by atoms with E-state index in [0.717, 1.165) is 62.3 Å². The number of carbonyl (C=O) groups excluding carboxylic acids is 2. The van der Waals surface area contributed by atoms with Gasteiger partial charge in [0, 0.05) is 77.6 Å². The first kappa shape index (κ1) is 29.4. The van der Waals surface area contributed by atoms with Gasteiger partial charge in [-0.15, -0.1) is 11.8 Å². The van der Waals surface area contributed by atoms with Crippen molar-refractivity contribution in [1.29, 1.82) is 0 Å². The van der Waals surface area contributed by atoms with Gasteiger partial charge in [-0.05, 0) is 70.9 Å². The molecule has 226 valence electrons. The average Bonchev–Trinajstić information content (AvgIpc) is 3.67. The minimum absolute atomic E-state index is 0.0992. The summed E-state index contributed by atoms with van der Waals surface area (Å²) in [5, 5.41) is 6.25. The number of nitrogens with one attached hydrogen (secondary N) is 3. The van der Waals surface area contributed by atoms with E-state index in [0.29, 0.717) is 45.7 Å². The second-order valence-corrected chi connectivity index (χ2v) is 13.9. The van der Waals surface area contributed by atoms with Gasteiger partial charge in [0.05, 0.1) is 5.02 Å². The molecule has 11 heteroatoms. The van der Waals surface area contributed by atoms with Crippen LogP contribution in [0.4, 0.5) is 0 Å². The van der Waals surface area contributed by atoms with Crippen LogP contribution in [0.3, 0.4) is 0 Å². The summed E-state index contributed by atoms with van der Waals surface area (Å²) < 4.78 is 12.9. The number of thioether (sulfide) groups is 1. The number of rotatable bonds is 6. The van der Waals surface area contributed by atoms with Gasteiger partial charge < -0.3 is 25.1 Å². The number of aromatic amines is 1. The molecule has 1 aromatic heterocycles. The molecule has 3 aliphatic heterocycles. The smallest absolute Gasteiger partial charge is 0.254 e. The van der Waals surface area contributed by atoms with E-state index >= 15 is 0 Å². The van der Waals surface area contributed by atoms with Gasteiger partial charge in [0.15, 0.2) is 11.5 Å². The Morgan fingerprint density at radius 1 is 1.17 bits per heavy atom. The number of hydrogen-bond acceptors (Lipinski definition) is 7. The van der Waals surface area contributed by atoms with Crippen molar-refractivity contribution in [2.24, 2.45) is 11.3 Å². The van der Waals surface area contributed by atoms with E-state index in [1.807, 2.05) is 33.1 Å². The van der Waals surface area contributed by atoms with Crippen molar-refractivity contribution in [3.8, 4) is 11.5 Å². The van der Waals surface area contributed by atoms with E-state index in [2.05, 4.69) is 20.5 Å². The summed E-state index contributed by atoms with van der Waals surface area (Å²) in [4.78, 5) is 43.9. The number of ether oxygens (including phenoxy) is 2. The number of halogens is 1. The predicted octanol–water partition coefficient (Wildman–Crippen LogP) is 4.56. The molecule has 42 heavy (non-hydrogen) atoms. The van der Waals surface area contributed by atoms with Crippen LogP contribution in [0.25, 0.3) is 0 Å². The average molecular weight is 615 g/mol. The number of amides is 2. The van der Waals surface area contributed by atoms with E-state index in [9.17, 15) is 14.4 Å². The van der Waals surface area contributed by atoms with E-state index in [1.165, 1.54) is 11.8 Å². The second-order valence-electron chi connectivity index (χ2n) is 12.6. The quantitative estimate of drug-likeness (QED) is 0.409. The summed E-state index contributed by atoms with van der Waals surface area (Å²) in [6.45, 7) is 8.60. The van der Waals surface area contributed by atoms with Gasteiger partial charge in [-0.1, -0.05) is 11.6 Å². The van der Waals surface area contributed by atoms with Crippen molar-refractivity contribution in [3.63, 3.8) is 0 Å². The lowest BCUT2D eigenvalue weighted by molar-refractivity contribution is -0.124. The number of fused-ring (bicyclic) bond motifs is 1. The minimum atomic E-state index is -0.868. The molecule has 2 unspecified atom stereocenters. The lowest BCUT2D eigenvalue weighted by Crippen LogP contribution is -2.47. The Balaban J connectivity index is 1.11. The van der Waals surface area contributed by atoms with Gasteiger partial charge in [0.2, 0.25) is 5.91 Å². The molecule has 2 aromatic rings. The number of aryl methyl sites for hydroxylation is 1. The first-order valence-corrected chi connectivity index (χ1v) is 16.4. The Labute approximate surface area is 255 Å². The normalized spacial score (nSPS) is 28.8. The van der Waals surface area contributed by atoms with E-state index < -0.39 is 5.79 Å². The van der Waals surface area contributed by atoms with Crippen LogP contribution in [0.5, 0.6) is 11.5 Å². The van der Waals surface area contributed by atoms with Crippen LogP contribution in [0.1, 0.15) is 72.6 Å². The largest absolute Gasteiger partial charge is 0.448 e. The fraction of sp³-hybridized carbons (Fsp3) is 0.581. The highest BCUT2D eigenvalue weighted by molar-refractivity contribution is 7.98. The van der Waals surface area contributed by atoms with Crippen molar-refractivity contribution in [2.75, 3.05) is 25.9 Å². The van der Waals surface area contributed by atoms with Crippen LogP contribution in [0.2, 0.25) is 5.02 Å². The van der Waals surface area contributed by atoms with Gasteiger partial charge in [-0.3, -0.25) is 19.3 Å². The molecule has 1 spiro atoms. The fourth-order valence-electron chi connectivity index (χ4n) is 7.33. The molecule has 1 aliphatic carbocycles. The summed E-state index contributed by atoms with van der Waals surface area (Å²) in [6.07, 6.45) is 7.67. The molecule has 2 saturated heterocycles. The number of likely N-dealkylation sites (tertiary alicyclic amines) is 1.